The summed E-state index contributed by atoms with van der Waals surface area (Å²) in [6.07, 6.45) is 45.2. The highest BCUT2D eigenvalue weighted by atomic mass is 31.2. The minimum Gasteiger partial charge on any atom is -0.462 e. The molecule has 0 heterocycles. The van der Waals surface area contributed by atoms with Crippen LogP contribution in [0.2, 0.25) is 0 Å². The number of hydrogen-bond acceptors (Lipinski definition) is 8. The minimum absolute atomic E-state index is 0.0207. The SMILES string of the molecule is CC/C=C\C[C@H](O)/C=C/C=C\C/C=C\C=C\[C@H](O)/C=C\CCCC(=O)O[C@H](COC(=O)CCCCCCCCC/C=C\CCCCCCCC)COP(=O)(O)O. The normalized spacial score (nSPS) is 14.5. The second-order valence-electron chi connectivity index (χ2n) is 14.0. The number of phosphoric ester groups is 1. The van der Waals surface area contributed by atoms with E-state index in [9.17, 15) is 24.4 Å². The maximum Gasteiger partial charge on any atom is 0.469 e. The van der Waals surface area contributed by atoms with Gasteiger partial charge in [0.15, 0.2) is 6.10 Å². The van der Waals surface area contributed by atoms with E-state index in [4.69, 9.17) is 19.3 Å². The van der Waals surface area contributed by atoms with Crippen LogP contribution in [0.5, 0.6) is 0 Å². The van der Waals surface area contributed by atoms with Crippen LogP contribution in [0, 0.1) is 0 Å². The van der Waals surface area contributed by atoms with E-state index in [0.29, 0.717) is 32.1 Å². The smallest absolute Gasteiger partial charge is 0.462 e. The predicted molar refractivity (Wildman–Crippen MR) is 228 cm³/mol. The fraction of sp³-hybridized carbons (Fsp3) is 0.644. The Labute approximate surface area is 338 Å². The third kappa shape index (κ3) is 40.8. The van der Waals surface area contributed by atoms with Gasteiger partial charge in [0.1, 0.15) is 6.61 Å². The molecule has 0 aromatic heterocycles. The van der Waals surface area contributed by atoms with E-state index in [0.717, 1.165) is 32.1 Å². The van der Waals surface area contributed by atoms with Gasteiger partial charge in [0, 0.05) is 12.8 Å². The highest BCUT2D eigenvalue weighted by Crippen LogP contribution is 2.36. The number of esters is 2. The first-order chi connectivity index (χ1) is 27.1. The van der Waals surface area contributed by atoms with Crippen LogP contribution in [0.25, 0.3) is 0 Å². The van der Waals surface area contributed by atoms with E-state index in [1.54, 1.807) is 30.4 Å². The van der Waals surface area contributed by atoms with Crippen LogP contribution in [0.4, 0.5) is 0 Å². The molecule has 4 N–H and O–H groups in total. The summed E-state index contributed by atoms with van der Waals surface area (Å²) >= 11 is 0. The molecule has 56 heavy (non-hydrogen) atoms. The van der Waals surface area contributed by atoms with E-state index >= 15 is 0 Å². The van der Waals surface area contributed by atoms with Crippen molar-refractivity contribution in [2.24, 2.45) is 0 Å². The first-order valence-corrected chi connectivity index (χ1v) is 22.6. The standard InChI is InChI=1S/C45H75O10P/c1-3-5-7-8-9-10-11-12-13-14-15-16-17-18-22-25-31-37-44(48)53-39-43(40-54-56(50,51)52)55-45(49)38-32-26-30-36-42(47)35-29-24-21-19-20-23-28-34-41(46)33-27-6-4-2/h6,12-13,20-21,23-24,27-30,34-36,41-43,46-47H,3-5,7-11,14-19,22,25-26,31-33,37-40H2,1-2H3,(H2,50,51,52)/b13-12-,23-20-,24-21-,27-6-,34-28+,35-29+,36-30-/t41-,42-,43+/m0/s1. The molecule has 0 rings (SSSR count). The third-order valence-electron chi connectivity index (χ3n) is 8.57. The largest absolute Gasteiger partial charge is 0.469 e. The summed E-state index contributed by atoms with van der Waals surface area (Å²) in [4.78, 5) is 42.9. The minimum atomic E-state index is -4.82. The van der Waals surface area contributed by atoms with Gasteiger partial charge in [-0.05, 0) is 64.2 Å². The van der Waals surface area contributed by atoms with Gasteiger partial charge in [-0.3, -0.25) is 14.1 Å². The van der Waals surface area contributed by atoms with Gasteiger partial charge in [0.05, 0.1) is 18.8 Å². The maximum absolute atomic E-state index is 12.4. The Morgan fingerprint density at radius 2 is 1.16 bits per heavy atom. The third-order valence-corrected chi connectivity index (χ3v) is 9.06. The number of unbranched alkanes of at least 4 members (excludes halogenated alkanes) is 14. The van der Waals surface area contributed by atoms with Gasteiger partial charge < -0.3 is 29.5 Å². The van der Waals surface area contributed by atoms with Gasteiger partial charge in [0.2, 0.25) is 0 Å². The van der Waals surface area contributed by atoms with Crippen molar-refractivity contribution in [2.45, 2.75) is 173 Å². The Bertz CT molecular complexity index is 1210. The highest BCUT2D eigenvalue weighted by molar-refractivity contribution is 7.46. The van der Waals surface area contributed by atoms with Crippen molar-refractivity contribution in [3.63, 3.8) is 0 Å². The van der Waals surface area contributed by atoms with Gasteiger partial charge in [0.25, 0.3) is 0 Å². The first kappa shape index (κ1) is 53.1. The Morgan fingerprint density at radius 3 is 1.79 bits per heavy atom. The van der Waals surface area contributed by atoms with E-state index in [1.807, 2.05) is 42.5 Å². The summed E-state index contributed by atoms with van der Waals surface area (Å²) in [6.45, 7) is 3.32. The summed E-state index contributed by atoms with van der Waals surface area (Å²) in [5, 5.41) is 19.9. The Kier molecular flexibility index (Phi) is 37.0. The van der Waals surface area contributed by atoms with Crippen LogP contribution in [0.1, 0.15) is 155 Å². The highest BCUT2D eigenvalue weighted by Gasteiger charge is 2.22. The van der Waals surface area contributed by atoms with Crippen LogP contribution in [0.15, 0.2) is 85.1 Å². The molecule has 0 aromatic rings. The van der Waals surface area contributed by atoms with Crippen LogP contribution in [0.3, 0.4) is 0 Å². The second-order valence-corrected chi connectivity index (χ2v) is 15.2. The molecular weight excluding hydrogens is 731 g/mol. The Hall–Kier alpha value is -2.85. The lowest BCUT2D eigenvalue weighted by Crippen LogP contribution is -2.29. The molecule has 10 nitrogen and oxygen atoms in total. The number of phosphoric acid groups is 1. The number of aliphatic hydroxyl groups excluding tert-OH is 2. The summed E-state index contributed by atoms with van der Waals surface area (Å²) in [6, 6.07) is 0. The van der Waals surface area contributed by atoms with Crippen LogP contribution in [-0.4, -0.2) is 63.5 Å². The van der Waals surface area contributed by atoms with Crippen molar-refractivity contribution >= 4 is 19.8 Å². The number of aliphatic hydroxyl groups is 2. The fourth-order valence-electron chi connectivity index (χ4n) is 5.40. The van der Waals surface area contributed by atoms with Crippen molar-refractivity contribution < 1.29 is 48.2 Å². The van der Waals surface area contributed by atoms with Crippen LogP contribution < -0.4 is 0 Å². The van der Waals surface area contributed by atoms with Crippen molar-refractivity contribution in [2.75, 3.05) is 13.2 Å². The number of rotatable bonds is 37. The molecule has 0 aromatic carbocycles. The summed E-state index contributed by atoms with van der Waals surface area (Å²) in [5.41, 5.74) is 0. The van der Waals surface area contributed by atoms with Gasteiger partial charge in [-0.2, -0.15) is 0 Å². The second kappa shape index (κ2) is 39.0. The van der Waals surface area contributed by atoms with Crippen molar-refractivity contribution in [1.82, 2.24) is 0 Å². The summed E-state index contributed by atoms with van der Waals surface area (Å²) in [7, 11) is -4.82. The number of carbonyl (C=O) groups excluding carboxylic acids is 2. The lowest BCUT2D eigenvalue weighted by molar-refractivity contribution is -0.161. The molecular formula is C45H75O10P. The molecule has 11 heteroatoms. The molecule has 3 atom stereocenters. The summed E-state index contributed by atoms with van der Waals surface area (Å²) in [5.74, 6) is -1.08. The average Bonchev–Trinajstić information content (AvgIpc) is 3.16. The van der Waals surface area contributed by atoms with Crippen LogP contribution in [-0.2, 0) is 28.2 Å². The molecule has 0 amide bonds. The maximum atomic E-state index is 12.4. The molecule has 0 radical (unpaired) electrons. The molecule has 320 valence electrons. The molecule has 0 bridgehead atoms. The molecule has 0 fully saturated rings. The molecule has 0 aliphatic heterocycles. The Balaban J connectivity index is 4.20. The number of ether oxygens (including phenoxy) is 2. The molecule has 0 spiro atoms. The van der Waals surface area contributed by atoms with E-state index in [2.05, 4.69) is 30.5 Å². The van der Waals surface area contributed by atoms with Gasteiger partial charge in [-0.15, -0.1) is 0 Å². The Morgan fingerprint density at radius 1 is 0.589 bits per heavy atom. The molecule has 0 saturated carbocycles. The average molecular weight is 807 g/mol. The van der Waals surface area contributed by atoms with Crippen molar-refractivity contribution in [3.8, 4) is 0 Å². The zero-order valence-corrected chi connectivity index (χ0v) is 35.4. The zero-order chi connectivity index (χ0) is 41.4. The van der Waals surface area contributed by atoms with Gasteiger partial charge in [-0.1, -0.05) is 163 Å². The number of carbonyl (C=O) groups is 2. The predicted octanol–water partition coefficient (Wildman–Crippen LogP) is 10.8. The molecule has 0 aliphatic rings. The van der Waals surface area contributed by atoms with Gasteiger partial charge in [-0.25, -0.2) is 4.57 Å². The topological polar surface area (TPSA) is 160 Å². The lowest BCUT2D eigenvalue weighted by atomic mass is 10.1. The van der Waals surface area contributed by atoms with Crippen molar-refractivity contribution in [1.29, 1.82) is 0 Å². The molecule has 0 unspecified atom stereocenters. The quantitative estimate of drug-likeness (QED) is 0.0156. The van der Waals surface area contributed by atoms with Crippen LogP contribution >= 0.6 is 7.82 Å². The van der Waals surface area contributed by atoms with E-state index < -0.39 is 44.7 Å². The van der Waals surface area contributed by atoms with Crippen molar-refractivity contribution in [3.05, 3.63) is 85.1 Å². The number of allylic oxidation sites excluding steroid dienone is 10. The number of hydrogen-bond donors (Lipinski definition) is 4. The van der Waals surface area contributed by atoms with E-state index in [1.165, 1.54) is 64.2 Å². The lowest BCUT2D eigenvalue weighted by Gasteiger charge is -2.18. The molecule has 0 aliphatic carbocycles. The fourth-order valence-corrected chi connectivity index (χ4v) is 5.76. The monoisotopic (exact) mass is 807 g/mol. The van der Waals surface area contributed by atoms with Gasteiger partial charge >= 0.3 is 19.8 Å². The molecule has 0 saturated heterocycles. The van der Waals surface area contributed by atoms with E-state index in [-0.39, 0.29) is 19.4 Å². The zero-order valence-electron chi connectivity index (χ0n) is 34.5. The summed E-state index contributed by atoms with van der Waals surface area (Å²) < 4.78 is 26.3. The first-order valence-electron chi connectivity index (χ1n) is 21.1.